The van der Waals surface area contributed by atoms with E-state index in [0.717, 1.165) is 13.2 Å². The Balaban J connectivity index is 1.55. The van der Waals surface area contributed by atoms with E-state index in [0.29, 0.717) is 11.6 Å². The fourth-order valence-electron chi connectivity index (χ4n) is 4.12. The molecule has 3 rings (SSSR count). The fraction of sp³-hybridized carbons (Fsp3) is 0.812. The van der Waals surface area contributed by atoms with Gasteiger partial charge in [-0.1, -0.05) is 0 Å². The van der Waals surface area contributed by atoms with Crippen molar-refractivity contribution in [2.45, 2.75) is 43.8 Å². The van der Waals surface area contributed by atoms with Crippen molar-refractivity contribution in [2.75, 3.05) is 33.9 Å². The normalized spacial score (nSPS) is 26.7. The van der Waals surface area contributed by atoms with Crippen LogP contribution in [0.2, 0.25) is 0 Å². The van der Waals surface area contributed by atoms with Gasteiger partial charge in [0.2, 0.25) is 0 Å². The largest absolute Gasteiger partial charge is 0.383 e. The summed E-state index contributed by atoms with van der Waals surface area (Å²) in [7, 11) is 6.10. The molecule has 0 aliphatic carbocycles. The van der Waals surface area contributed by atoms with Crippen LogP contribution in [-0.4, -0.2) is 65.0 Å². The van der Waals surface area contributed by atoms with Crippen molar-refractivity contribution in [3.05, 3.63) is 18.0 Å². The maximum atomic E-state index is 5.37. The zero-order chi connectivity index (χ0) is 14.9. The van der Waals surface area contributed by atoms with Crippen LogP contribution in [0.3, 0.4) is 0 Å². The SMILES string of the molecule is COCC1CCC2(CCN(Cc3cnn(C)c3)CC2)N1C. The number of ether oxygens (including phenoxy) is 1. The van der Waals surface area contributed by atoms with E-state index in [-0.39, 0.29) is 0 Å². The van der Waals surface area contributed by atoms with Crippen LogP contribution in [0.25, 0.3) is 0 Å². The Hall–Kier alpha value is -0.910. The second-order valence-corrected chi connectivity index (χ2v) is 6.78. The Morgan fingerprint density at radius 3 is 2.67 bits per heavy atom. The average Bonchev–Trinajstić information content (AvgIpc) is 3.01. The predicted molar refractivity (Wildman–Crippen MR) is 83.1 cm³/mol. The second-order valence-electron chi connectivity index (χ2n) is 6.78. The molecule has 0 amide bonds. The van der Waals surface area contributed by atoms with Crippen LogP contribution in [0.4, 0.5) is 0 Å². The first kappa shape index (κ1) is 15.0. The first-order chi connectivity index (χ1) is 10.1. The Labute approximate surface area is 127 Å². The zero-order valence-corrected chi connectivity index (χ0v) is 13.6. The van der Waals surface area contributed by atoms with E-state index >= 15 is 0 Å². The van der Waals surface area contributed by atoms with Gasteiger partial charge in [0.1, 0.15) is 0 Å². The number of hydrogen-bond acceptors (Lipinski definition) is 4. The smallest absolute Gasteiger partial charge is 0.0618 e. The fourth-order valence-corrected chi connectivity index (χ4v) is 4.12. The highest BCUT2D eigenvalue weighted by atomic mass is 16.5. The molecular weight excluding hydrogens is 264 g/mol. The summed E-state index contributed by atoms with van der Waals surface area (Å²) in [5.41, 5.74) is 1.75. The van der Waals surface area contributed by atoms with Gasteiger partial charge >= 0.3 is 0 Å². The van der Waals surface area contributed by atoms with Crippen molar-refractivity contribution in [3.63, 3.8) is 0 Å². The minimum Gasteiger partial charge on any atom is -0.383 e. The van der Waals surface area contributed by atoms with Gasteiger partial charge in [0, 0.05) is 57.1 Å². The minimum absolute atomic E-state index is 0.425. The van der Waals surface area contributed by atoms with Crippen molar-refractivity contribution >= 4 is 0 Å². The Morgan fingerprint density at radius 1 is 1.29 bits per heavy atom. The lowest BCUT2D eigenvalue weighted by atomic mass is 9.85. The molecular formula is C16H28N4O. The van der Waals surface area contributed by atoms with Gasteiger partial charge in [-0.25, -0.2) is 0 Å². The van der Waals surface area contributed by atoms with Crippen LogP contribution in [0.15, 0.2) is 12.4 Å². The van der Waals surface area contributed by atoms with Crippen LogP contribution in [0, 0.1) is 0 Å². The average molecular weight is 292 g/mol. The predicted octanol–water partition coefficient (Wildman–Crippen LogP) is 1.50. The van der Waals surface area contributed by atoms with Gasteiger partial charge < -0.3 is 4.74 Å². The minimum atomic E-state index is 0.425. The number of piperidine rings is 1. The summed E-state index contributed by atoms with van der Waals surface area (Å²) in [5, 5.41) is 4.26. The van der Waals surface area contributed by atoms with Crippen molar-refractivity contribution in [3.8, 4) is 0 Å². The molecule has 0 saturated carbocycles. The molecule has 1 spiro atoms. The number of nitrogens with zero attached hydrogens (tertiary/aromatic N) is 4. The molecule has 1 atom stereocenters. The zero-order valence-electron chi connectivity index (χ0n) is 13.6. The lowest BCUT2D eigenvalue weighted by Gasteiger charge is -2.45. The van der Waals surface area contributed by atoms with Crippen molar-refractivity contribution < 1.29 is 4.74 Å². The summed E-state index contributed by atoms with van der Waals surface area (Å²) >= 11 is 0. The summed E-state index contributed by atoms with van der Waals surface area (Å²) in [6.45, 7) is 4.30. The molecule has 3 heterocycles. The van der Waals surface area contributed by atoms with Crippen molar-refractivity contribution in [2.24, 2.45) is 7.05 Å². The number of aromatic nitrogens is 2. The molecule has 0 radical (unpaired) electrons. The molecule has 2 aliphatic rings. The summed E-state index contributed by atoms with van der Waals surface area (Å²) < 4.78 is 7.26. The number of aryl methyl sites for hydroxylation is 1. The summed E-state index contributed by atoms with van der Waals surface area (Å²) in [4.78, 5) is 5.18. The van der Waals surface area contributed by atoms with Crippen LogP contribution >= 0.6 is 0 Å². The Morgan fingerprint density at radius 2 is 2.05 bits per heavy atom. The maximum Gasteiger partial charge on any atom is 0.0618 e. The first-order valence-corrected chi connectivity index (χ1v) is 8.05. The van der Waals surface area contributed by atoms with Gasteiger partial charge in [0.25, 0.3) is 0 Å². The molecule has 118 valence electrons. The van der Waals surface area contributed by atoms with Crippen LogP contribution in [0.1, 0.15) is 31.2 Å². The molecule has 0 aromatic carbocycles. The molecule has 2 fully saturated rings. The third-order valence-corrected chi connectivity index (χ3v) is 5.55. The van der Waals surface area contributed by atoms with E-state index in [1.807, 2.05) is 25.0 Å². The van der Waals surface area contributed by atoms with Crippen LogP contribution < -0.4 is 0 Å². The number of likely N-dealkylation sites (tertiary alicyclic amines) is 2. The molecule has 2 saturated heterocycles. The van der Waals surface area contributed by atoms with Gasteiger partial charge in [0.15, 0.2) is 0 Å². The summed E-state index contributed by atoms with van der Waals surface area (Å²) in [6.07, 6.45) is 9.29. The highest BCUT2D eigenvalue weighted by Gasteiger charge is 2.45. The maximum absolute atomic E-state index is 5.37. The molecule has 2 aliphatic heterocycles. The lowest BCUT2D eigenvalue weighted by molar-refractivity contribution is 0.0282. The van der Waals surface area contributed by atoms with Gasteiger partial charge in [-0.15, -0.1) is 0 Å². The molecule has 1 aromatic rings. The standard InChI is InChI=1S/C16H28N4O/c1-18-11-14(10-17-18)12-20-8-6-16(7-9-20)5-4-15(13-21-3)19(16)2/h10-11,15H,4-9,12-13H2,1-3H3. The van der Waals surface area contributed by atoms with E-state index in [4.69, 9.17) is 4.74 Å². The monoisotopic (exact) mass is 292 g/mol. The van der Waals surface area contributed by atoms with Crippen LogP contribution in [0.5, 0.6) is 0 Å². The van der Waals surface area contributed by atoms with E-state index < -0.39 is 0 Å². The van der Waals surface area contributed by atoms with Crippen molar-refractivity contribution in [1.29, 1.82) is 0 Å². The summed E-state index contributed by atoms with van der Waals surface area (Å²) in [5.74, 6) is 0. The Bertz CT molecular complexity index is 465. The second kappa shape index (κ2) is 6.07. The lowest BCUT2D eigenvalue weighted by Crippen LogP contribution is -2.52. The molecule has 1 unspecified atom stereocenters. The van der Waals surface area contributed by atoms with E-state index in [2.05, 4.69) is 28.1 Å². The topological polar surface area (TPSA) is 33.5 Å². The first-order valence-electron chi connectivity index (χ1n) is 8.05. The van der Waals surface area contributed by atoms with Gasteiger partial charge in [-0.2, -0.15) is 5.10 Å². The number of hydrogen-bond donors (Lipinski definition) is 0. The third kappa shape index (κ3) is 3.00. The molecule has 0 bridgehead atoms. The molecule has 0 N–H and O–H groups in total. The molecule has 5 heteroatoms. The third-order valence-electron chi connectivity index (χ3n) is 5.55. The number of methoxy groups -OCH3 is 1. The van der Waals surface area contributed by atoms with Gasteiger partial charge in [-0.3, -0.25) is 14.5 Å². The molecule has 5 nitrogen and oxygen atoms in total. The van der Waals surface area contributed by atoms with E-state index in [1.165, 1.54) is 44.3 Å². The quantitative estimate of drug-likeness (QED) is 0.842. The van der Waals surface area contributed by atoms with Crippen LogP contribution in [-0.2, 0) is 18.3 Å². The summed E-state index contributed by atoms with van der Waals surface area (Å²) in [6, 6.07) is 0.611. The molecule has 1 aromatic heterocycles. The molecule has 21 heavy (non-hydrogen) atoms. The van der Waals surface area contributed by atoms with Crippen molar-refractivity contribution in [1.82, 2.24) is 19.6 Å². The number of likely N-dealkylation sites (N-methyl/N-ethyl adjacent to an activating group) is 1. The van der Waals surface area contributed by atoms with Gasteiger partial charge in [-0.05, 0) is 32.7 Å². The highest BCUT2D eigenvalue weighted by Crippen LogP contribution is 2.40. The highest BCUT2D eigenvalue weighted by molar-refractivity contribution is 5.06. The number of rotatable bonds is 4. The van der Waals surface area contributed by atoms with E-state index in [1.54, 1.807) is 0 Å². The van der Waals surface area contributed by atoms with E-state index in [9.17, 15) is 0 Å². The van der Waals surface area contributed by atoms with Gasteiger partial charge in [0.05, 0.1) is 12.8 Å². The Kier molecular flexibility index (Phi) is 4.33.